The van der Waals surface area contributed by atoms with Crippen LogP contribution in [0.15, 0.2) is 21.9 Å². The average molecular weight is 607 g/mol. The lowest BCUT2D eigenvalue weighted by Gasteiger charge is -2.18. The van der Waals surface area contributed by atoms with E-state index in [0.717, 1.165) is 51.4 Å². The molecule has 228 valence electrons. The van der Waals surface area contributed by atoms with Gasteiger partial charge in [0.2, 0.25) is 0 Å². The molecule has 2 aromatic carbocycles. The first-order valence-electron chi connectivity index (χ1n) is 14.5. The fourth-order valence-electron chi connectivity index (χ4n) is 4.89. The summed E-state index contributed by atoms with van der Waals surface area (Å²) in [4.78, 5) is 2.39. The largest absolute Gasteiger partial charge is 0.504 e. The van der Waals surface area contributed by atoms with Crippen molar-refractivity contribution < 1.29 is 31.1 Å². The lowest BCUT2D eigenvalue weighted by Crippen LogP contribution is -2.28. The first kappa shape index (κ1) is 34.5. The summed E-state index contributed by atoms with van der Waals surface area (Å²) >= 11 is 0. The lowest BCUT2D eigenvalue weighted by atomic mass is 10.1. The van der Waals surface area contributed by atoms with Crippen LogP contribution in [-0.2, 0) is 19.7 Å². The highest BCUT2D eigenvalue weighted by Gasteiger charge is 2.46. The third kappa shape index (κ3) is 7.79. The van der Waals surface area contributed by atoms with Crippen molar-refractivity contribution in [2.45, 2.75) is 117 Å². The molecule has 0 amide bonds. The van der Waals surface area contributed by atoms with Crippen LogP contribution in [0.5, 0.6) is 11.5 Å². The van der Waals surface area contributed by atoms with Gasteiger partial charge in [0.1, 0.15) is 11.5 Å². The topological polar surface area (TPSA) is 123 Å². The van der Waals surface area contributed by atoms with Gasteiger partial charge in [-0.1, -0.05) is 52.4 Å². The van der Waals surface area contributed by atoms with Gasteiger partial charge in [0.15, 0.2) is 0 Å². The molecule has 2 rings (SSSR count). The number of aryl methyl sites for hydroxylation is 2. The number of sulfone groups is 2. The van der Waals surface area contributed by atoms with Gasteiger partial charge in [0, 0.05) is 0 Å². The Labute approximate surface area is 246 Å². The maximum atomic E-state index is 13.8. The number of ether oxygens (including phenoxy) is 2. The predicted molar refractivity (Wildman–Crippen MR) is 164 cm³/mol. The van der Waals surface area contributed by atoms with E-state index >= 15 is 0 Å². The van der Waals surface area contributed by atoms with Gasteiger partial charge >= 0.3 is 4.38 Å². The van der Waals surface area contributed by atoms with Crippen LogP contribution in [0.4, 0.5) is 0 Å². The highest BCUT2D eigenvalue weighted by Crippen LogP contribution is 2.36. The Morgan fingerprint density at radius 2 is 1.00 bits per heavy atom. The third-order valence-corrected chi connectivity index (χ3v) is 12.0. The number of nitrogens with zero attached hydrogens (tertiary/aromatic N) is 2. The summed E-state index contributed by atoms with van der Waals surface area (Å²) in [5, 5.41) is 0. The van der Waals surface area contributed by atoms with E-state index in [1.807, 2.05) is 0 Å². The molecule has 0 aromatic heterocycles. The van der Waals surface area contributed by atoms with Gasteiger partial charge in [-0.2, -0.15) is 0 Å². The van der Waals surface area contributed by atoms with Crippen molar-refractivity contribution in [3.63, 3.8) is 0 Å². The first-order chi connectivity index (χ1) is 19.3. The summed E-state index contributed by atoms with van der Waals surface area (Å²) in [5.74, 6) is 1.16. The summed E-state index contributed by atoms with van der Waals surface area (Å²) < 4.78 is 65.8. The van der Waals surface area contributed by atoms with Crippen molar-refractivity contribution in [3.05, 3.63) is 51.0 Å². The number of unbranched alkanes of at least 4 members (excludes halogenated alkanes) is 6. The van der Waals surface area contributed by atoms with Gasteiger partial charge in [-0.25, -0.2) is 16.8 Å². The number of hydrogen-bond donors (Lipinski definition) is 0. The number of benzene rings is 2. The van der Waals surface area contributed by atoms with Gasteiger partial charge in [0.25, 0.3) is 19.7 Å². The first-order valence-corrected chi connectivity index (χ1v) is 17.4. The minimum atomic E-state index is -4.73. The van der Waals surface area contributed by atoms with Crippen LogP contribution < -0.4 is 9.47 Å². The Morgan fingerprint density at radius 3 is 1.32 bits per heavy atom. The van der Waals surface area contributed by atoms with Gasteiger partial charge in [0.05, 0.1) is 23.0 Å². The molecule has 0 bridgehead atoms. The highest BCUT2D eigenvalue weighted by atomic mass is 32.3. The van der Waals surface area contributed by atoms with Crippen LogP contribution >= 0.6 is 0 Å². The normalized spacial score (nSPS) is 11.8. The fourth-order valence-corrected chi connectivity index (χ4v) is 8.95. The van der Waals surface area contributed by atoms with Crippen molar-refractivity contribution in [3.8, 4) is 11.5 Å². The second-order valence-corrected chi connectivity index (χ2v) is 14.7. The molecule has 0 spiro atoms. The monoisotopic (exact) mass is 606 g/mol. The molecule has 0 aliphatic rings. The van der Waals surface area contributed by atoms with Gasteiger partial charge < -0.3 is 15.0 Å². The van der Waals surface area contributed by atoms with E-state index in [0.29, 0.717) is 58.1 Å². The Balaban J connectivity index is 2.49. The standard InChI is InChI=1S/C31H46N2O6S2/c1-9-11-13-15-17-38-29-21(3)19-27(23(5)25(29)7)40(34,35)31(33-32)41(36,37)28-20-22(4)30(26(8)24(28)6)39-18-16-14-12-10-2/h19-20H,9-18H2,1-8H3. The zero-order valence-electron chi connectivity index (χ0n) is 25.9. The van der Waals surface area contributed by atoms with Crippen LogP contribution in [0.3, 0.4) is 0 Å². The van der Waals surface area contributed by atoms with E-state index in [4.69, 9.17) is 9.47 Å². The zero-order chi connectivity index (χ0) is 31.0. The van der Waals surface area contributed by atoms with E-state index in [9.17, 15) is 22.4 Å². The summed E-state index contributed by atoms with van der Waals surface area (Å²) in [7, 11) is -9.46. The predicted octanol–water partition coefficient (Wildman–Crippen LogP) is 7.29. The summed E-state index contributed by atoms with van der Waals surface area (Å²) in [6, 6.07) is 2.77. The summed E-state index contributed by atoms with van der Waals surface area (Å²) in [6.45, 7) is 15.4. The van der Waals surface area contributed by atoms with Crippen LogP contribution in [0.1, 0.15) is 98.6 Å². The second-order valence-electron chi connectivity index (χ2n) is 10.7. The van der Waals surface area contributed by atoms with Gasteiger partial charge in [-0.05, 0) is 99.9 Å². The molecule has 0 fully saturated rings. The van der Waals surface area contributed by atoms with Gasteiger partial charge in [-0.3, -0.25) is 0 Å². The van der Waals surface area contributed by atoms with E-state index in [2.05, 4.69) is 18.6 Å². The minimum absolute atomic E-state index is 0.236. The molecule has 0 N–H and O–H groups in total. The average Bonchev–Trinajstić information content (AvgIpc) is 2.91. The van der Waals surface area contributed by atoms with Crippen molar-refractivity contribution >= 4 is 24.1 Å². The Hall–Kier alpha value is -2.68. The van der Waals surface area contributed by atoms with E-state index < -0.39 is 24.1 Å². The van der Waals surface area contributed by atoms with E-state index in [1.165, 1.54) is 12.1 Å². The molecule has 41 heavy (non-hydrogen) atoms. The molecule has 0 heterocycles. The molecule has 0 saturated carbocycles. The lowest BCUT2D eigenvalue weighted by molar-refractivity contribution is 0.00379. The maximum Gasteiger partial charge on any atom is 0.504 e. The fraction of sp³-hybridized carbons (Fsp3) is 0.581. The molecular weight excluding hydrogens is 560 g/mol. The molecular formula is C31H46N2O6S2. The third-order valence-electron chi connectivity index (χ3n) is 7.57. The number of rotatable bonds is 14. The highest BCUT2D eigenvalue weighted by molar-refractivity contribution is 8.31. The molecule has 10 heteroatoms. The zero-order valence-corrected chi connectivity index (χ0v) is 27.5. The second kappa shape index (κ2) is 15.0. The summed E-state index contributed by atoms with van der Waals surface area (Å²) in [5.41, 5.74) is 12.8. The number of hydrogen-bond acceptors (Lipinski definition) is 6. The SMILES string of the molecule is CCCCCCOc1c(C)cc(S(=O)(=O)C(=[N+]=[N-])S(=O)(=O)c2cc(C)c(OCCCCCC)c(C)c2C)c(C)c1C. The van der Waals surface area contributed by atoms with Crippen molar-refractivity contribution in [1.82, 2.24) is 0 Å². The van der Waals surface area contributed by atoms with Gasteiger partial charge in [-0.15, -0.1) is 4.79 Å². The van der Waals surface area contributed by atoms with Crippen molar-refractivity contribution in [2.75, 3.05) is 13.2 Å². The van der Waals surface area contributed by atoms with Crippen molar-refractivity contribution in [2.24, 2.45) is 0 Å². The van der Waals surface area contributed by atoms with E-state index in [-0.39, 0.29) is 9.79 Å². The van der Waals surface area contributed by atoms with Crippen molar-refractivity contribution in [1.29, 1.82) is 0 Å². The molecule has 0 aliphatic heterocycles. The summed E-state index contributed by atoms with van der Waals surface area (Å²) in [6.07, 6.45) is 8.29. The molecule has 8 nitrogen and oxygen atoms in total. The quantitative estimate of drug-likeness (QED) is 0.0731. The molecule has 0 atom stereocenters. The van der Waals surface area contributed by atoms with Crippen LogP contribution in [-0.4, -0.2) is 39.2 Å². The Bertz CT molecular complexity index is 1400. The molecule has 0 unspecified atom stereocenters. The smallest absolute Gasteiger partial charge is 0.493 e. The maximum absolute atomic E-state index is 13.8. The molecule has 2 aromatic rings. The van der Waals surface area contributed by atoms with Crippen LogP contribution in [0.2, 0.25) is 0 Å². The Morgan fingerprint density at radius 1 is 0.634 bits per heavy atom. The minimum Gasteiger partial charge on any atom is -0.493 e. The molecule has 0 aliphatic carbocycles. The van der Waals surface area contributed by atoms with Crippen LogP contribution in [0, 0.1) is 41.5 Å². The Kier molecular flexibility index (Phi) is 12.6. The molecule has 0 saturated heterocycles. The van der Waals surface area contributed by atoms with E-state index in [1.54, 1.807) is 41.5 Å². The van der Waals surface area contributed by atoms with Crippen LogP contribution in [0.25, 0.3) is 5.53 Å². The molecule has 0 radical (unpaired) electrons.